The summed E-state index contributed by atoms with van der Waals surface area (Å²) >= 11 is 0. The maximum absolute atomic E-state index is 5.85. The van der Waals surface area contributed by atoms with Crippen molar-refractivity contribution in [2.24, 2.45) is 5.73 Å². The Morgan fingerprint density at radius 2 is 1.95 bits per heavy atom. The van der Waals surface area contributed by atoms with Crippen LogP contribution in [0.5, 0.6) is 0 Å². The van der Waals surface area contributed by atoms with Gasteiger partial charge in [-0.3, -0.25) is 0 Å². The van der Waals surface area contributed by atoms with Crippen LogP contribution in [0.4, 0.5) is 5.82 Å². The topological polar surface area (TPSA) is 42.1 Å². The molecule has 0 aliphatic rings. The predicted octanol–water partition coefficient (Wildman–Crippen LogP) is 3.90. The normalized spacial score (nSPS) is 12.4. The standard InChI is InChI=1S/C17H31N3/c1-5-8-10-20(14(4)7-3)17-12-15(13-18)11-16(19-17)9-6-2/h11-12,14H,5-10,13,18H2,1-4H3. The minimum Gasteiger partial charge on any atom is -0.354 e. The van der Waals surface area contributed by atoms with Gasteiger partial charge in [0.05, 0.1) is 0 Å². The molecule has 114 valence electrons. The summed E-state index contributed by atoms with van der Waals surface area (Å²) in [7, 11) is 0. The number of unbranched alkanes of at least 4 members (excludes halogenated alkanes) is 1. The van der Waals surface area contributed by atoms with Gasteiger partial charge < -0.3 is 10.6 Å². The summed E-state index contributed by atoms with van der Waals surface area (Å²) in [5.74, 6) is 1.11. The van der Waals surface area contributed by atoms with Crippen molar-refractivity contribution in [3.8, 4) is 0 Å². The van der Waals surface area contributed by atoms with E-state index in [9.17, 15) is 0 Å². The molecule has 3 heteroatoms. The molecule has 0 radical (unpaired) electrons. The van der Waals surface area contributed by atoms with Gasteiger partial charge in [-0.15, -0.1) is 0 Å². The highest BCUT2D eigenvalue weighted by molar-refractivity contribution is 5.44. The van der Waals surface area contributed by atoms with Crippen LogP contribution in [0.2, 0.25) is 0 Å². The molecule has 0 spiro atoms. The predicted molar refractivity (Wildman–Crippen MR) is 88.1 cm³/mol. The van der Waals surface area contributed by atoms with Crippen LogP contribution in [0.3, 0.4) is 0 Å². The van der Waals surface area contributed by atoms with Crippen LogP contribution in [-0.4, -0.2) is 17.6 Å². The minimum atomic E-state index is 0.525. The highest BCUT2D eigenvalue weighted by Crippen LogP contribution is 2.20. The van der Waals surface area contributed by atoms with Crippen LogP contribution in [-0.2, 0) is 13.0 Å². The first-order valence-electron chi connectivity index (χ1n) is 8.12. The Labute approximate surface area is 124 Å². The van der Waals surface area contributed by atoms with E-state index in [-0.39, 0.29) is 0 Å². The highest BCUT2D eigenvalue weighted by Gasteiger charge is 2.15. The Morgan fingerprint density at radius 3 is 2.50 bits per heavy atom. The number of hydrogen-bond acceptors (Lipinski definition) is 3. The molecule has 1 rings (SSSR count). The molecule has 1 atom stereocenters. The van der Waals surface area contributed by atoms with Crippen LogP contribution in [0.15, 0.2) is 12.1 Å². The molecule has 0 aliphatic heterocycles. The first kappa shape index (κ1) is 17.0. The van der Waals surface area contributed by atoms with Crippen molar-refractivity contribution in [2.75, 3.05) is 11.4 Å². The van der Waals surface area contributed by atoms with Gasteiger partial charge in [0.15, 0.2) is 0 Å². The van der Waals surface area contributed by atoms with Crippen molar-refractivity contribution in [2.45, 2.75) is 72.4 Å². The number of pyridine rings is 1. The van der Waals surface area contributed by atoms with Crippen molar-refractivity contribution < 1.29 is 0 Å². The number of aromatic nitrogens is 1. The van der Waals surface area contributed by atoms with Crippen molar-refractivity contribution in [1.82, 2.24) is 4.98 Å². The SMILES string of the molecule is CCCCN(c1cc(CN)cc(CCC)n1)C(C)CC. The molecule has 0 aliphatic carbocycles. The zero-order valence-electron chi connectivity index (χ0n) is 13.7. The monoisotopic (exact) mass is 277 g/mol. The smallest absolute Gasteiger partial charge is 0.129 e. The number of rotatable bonds is 9. The molecule has 0 amide bonds. The zero-order chi connectivity index (χ0) is 15.0. The lowest BCUT2D eigenvalue weighted by Crippen LogP contribution is -2.34. The maximum Gasteiger partial charge on any atom is 0.129 e. The second kappa shape index (κ2) is 8.96. The van der Waals surface area contributed by atoms with Crippen LogP contribution >= 0.6 is 0 Å². The van der Waals surface area contributed by atoms with E-state index in [0.29, 0.717) is 12.6 Å². The van der Waals surface area contributed by atoms with Crippen molar-refractivity contribution in [1.29, 1.82) is 0 Å². The molecule has 20 heavy (non-hydrogen) atoms. The largest absolute Gasteiger partial charge is 0.354 e. The van der Waals surface area contributed by atoms with Gasteiger partial charge >= 0.3 is 0 Å². The zero-order valence-corrected chi connectivity index (χ0v) is 13.7. The maximum atomic E-state index is 5.85. The summed E-state index contributed by atoms with van der Waals surface area (Å²) < 4.78 is 0. The highest BCUT2D eigenvalue weighted by atomic mass is 15.2. The molecule has 1 aromatic rings. The molecule has 1 aromatic heterocycles. The molecular formula is C17H31N3. The Hall–Kier alpha value is -1.09. The number of nitrogens with zero attached hydrogens (tertiary/aromatic N) is 2. The Kier molecular flexibility index (Phi) is 7.60. The molecule has 2 N–H and O–H groups in total. The lowest BCUT2D eigenvalue weighted by molar-refractivity contribution is 0.588. The Morgan fingerprint density at radius 1 is 1.20 bits per heavy atom. The summed E-state index contributed by atoms with van der Waals surface area (Å²) in [6.07, 6.45) is 5.72. The van der Waals surface area contributed by atoms with Gasteiger partial charge in [-0.2, -0.15) is 0 Å². The van der Waals surface area contributed by atoms with E-state index in [0.717, 1.165) is 31.6 Å². The number of aryl methyl sites for hydroxylation is 1. The van der Waals surface area contributed by atoms with E-state index in [1.54, 1.807) is 0 Å². The van der Waals surface area contributed by atoms with Crippen molar-refractivity contribution >= 4 is 5.82 Å². The fourth-order valence-corrected chi connectivity index (χ4v) is 2.39. The number of anilines is 1. The van der Waals surface area contributed by atoms with Crippen molar-refractivity contribution in [3.05, 3.63) is 23.4 Å². The molecule has 3 nitrogen and oxygen atoms in total. The van der Waals surface area contributed by atoms with Gasteiger partial charge in [-0.25, -0.2) is 4.98 Å². The summed E-state index contributed by atoms with van der Waals surface area (Å²) in [4.78, 5) is 7.31. The summed E-state index contributed by atoms with van der Waals surface area (Å²) in [5, 5.41) is 0. The first-order valence-corrected chi connectivity index (χ1v) is 8.12. The van der Waals surface area contributed by atoms with Gasteiger partial charge in [-0.1, -0.05) is 33.6 Å². The average Bonchev–Trinajstić information content (AvgIpc) is 2.47. The second-order valence-corrected chi connectivity index (χ2v) is 5.58. The van der Waals surface area contributed by atoms with E-state index in [1.807, 2.05) is 0 Å². The lowest BCUT2D eigenvalue weighted by Gasteiger charge is -2.30. The average molecular weight is 277 g/mol. The molecule has 0 fully saturated rings. The minimum absolute atomic E-state index is 0.525. The van der Waals surface area contributed by atoms with Gasteiger partial charge in [-0.05, 0) is 43.9 Å². The molecule has 0 saturated heterocycles. The third-order valence-electron chi connectivity index (χ3n) is 3.84. The fourth-order valence-electron chi connectivity index (χ4n) is 2.39. The Bertz CT molecular complexity index is 390. The van der Waals surface area contributed by atoms with Crippen LogP contribution in [0.25, 0.3) is 0 Å². The molecule has 1 heterocycles. The number of nitrogens with two attached hydrogens (primary N) is 1. The third-order valence-corrected chi connectivity index (χ3v) is 3.84. The molecule has 1 unspecified atom stereocenters. The van der Waals surface area contributed by atoms with E-state index >= 15 is 0 Å². The van der Waals surface area contributed by atoms with Gasteiger partial charge in [0.1, 0.15) is 5.82 Å². The van der Waals surface area contributed by atoms with Crippen LogP contribution < -0.4 is 10.6 Å². The first-order chi connectivity index (χ1) is 9.65. The lowest BCUT2D eigenvalue weighted by atomic mass is 10.1. The molecule has 0 saturated carbocycles. The summed E-state index contributed by atoms with van der Waals surface area (Å²) in [6, 6.07) is 4.85. The Balaban J connectivity index is 3.06. The van der Waals surface area contributed by atoms with Crippen LogP contribution in [0, 0.1) is 0 Å². The second-order valence-electron chi connectivity index (χ2n) is 5.58. The van der Waals surface area contributed by atoms with Gasteiger partial charge in [0, 0.05) is 24.8 Å². The third kappa shape index (κ3) is 4.78. The summed E-state index contributed by atoms with van der Waals surface area (Å²) in [5.41, 5.74) is 8.22. The van der Waals surface area contributed by atoms with E-state index in [1.165, 1.54) is 24.1 Å². The fraction of sp³-hybridized carbons (Fsp3) is 0.706. The van der Waals surface area contributed by atoms with E-state index in [4.69, 9.17) is 10.7 Å². The molecular weight excluding hydrogens is 246 g/mol. The van der Waals surface area contributed by atoms with E-state index in [2.05, 4.69) is 44.7 Å². The van der Waals surface area contributed by atoms with Crippen molar-refractivity contribution in [3.63, 3.8) is 0 Å². The summed E-state index contributed by atoms with van der Waals surface area (Å²) in [6.45, 7) is 10.6. The van der Waals surface area contributed by atoms with E-state index < -0.39 is 0 Å². The quantitative estimate of drug-likeness (QED) is 0.744. The van der Waals surface area contributed by atoms with Gasteiger partial charge in [0.2, 0.25) is 0 Å². The van der Waals surface area contributed by atoms with Crippen LogP contribution in [0.1, 0.15) is 64.6 Å². The van der Waals surface area contributed by atoms with Gasteiger partial charge in [0.25, 0.3) is 0 Å². The molecule has 0 bridgehead atoms. The number of hydrogen-bond donors (Lipinski definition) is 1. The molecule has 0 aromatic carbocycles.